The van der Waals surface area contributed by atoms with Gasteiger partial charge in [0.15, 0.2) is 0 Å². The second-order valence-electron chi connectivity index (χ2n) is 8.16. The van der Waals surface area contributed by atoms with Crippen molar-refractivity contribution in [3.8, 4) is 5.75 Å². The van der Waals surface area contributed by atoms with Crippen LogP contribution < -0.4 is 5.32 Å². The molecule has 2 N–H and O–H groups in total. The number of likely N-dealkylation sites (tertiary alicyclic amines) is 2. The molecule has 2 aliphatic heterocycles. The minimum Gasteiger partial charge on any atom is -0.506 e. The van der Waals surface area contributed by atoms with Gasteiger partial charge in [-0.15, -0.1) is 0 Å². The van der Waals surface area contributed by atoms with Gasteiger partial charge in [-0.05, 0) is 56.5 Å². The summed E-state index contributed by atoms with van der Waals surface area (Å²) in [5, 5.41) is 12.7. The van der Waals surface area contributed by atoms with Crippen LogP contribution in [0.25, 0.3) is 0 Å². The number of hydrogen-bond donors (Lipinski definition) is 2. The molecule has 1 atom stereocenters. The summed E-state index contributed by atoms with van der Waals surface area (Å²) in [5.41, 5.74) is 1.46. The SMILES string of the molecule is O=C(Nc1ccccc1O)C1CCN([C@@H](C(=O)N2CCCC2)c2ccccc2)CC1. The zero-order valence-corrected chi connectivity index (χ0v) is 17.2. The summed E-state index contributed by atoms with van der Waals surface area (Å²) < 4.78 is 0. The number of para-hydroxylation sites is 2. The molecule has 2 heterocycles. The number of anilines is 1. The second-order valence-corrected chi connectivity index (χ2v) is 8.16. The van der Waals surface area contributed by atoms with E-state index < -0.39 is 0 Å². The highest BCUT2D eigenvalue weighted by molar-refractivity contribution is 5.94. The average molecular weight is 408 g/mol. The minimum absolute atomic E-state index is 0.0710. The van der Waals surface area contributed by atoms with Crippen molar-refractivity contribution < 1.29 is 14.7 Å². The summed E-state index contributed by atoms with van der Waals surface area (Å²) in [6.45, 7) is 3.05. The molecule has 2 aromatic carbocycles. The quantitative estimate of drug-likeness (QED) is 0.745. The molecule has 0 bridgehead atoms. The van der Waals surface area contributed by atoms with E-state index in [1.807, 2.05) is 35.2 Å². The Morgan fingerprint density at radius 2 is 1.53 bits per heavy atom. The van der Waals surface area contributed by atoms with E-state index in [9.17, 15) is 14.7 Å². The molecule has 0 aromatic heterocycles. The largest absolute Gasteiger partial charge is 0.506 e. The lowest BCUT2D eigenvalue weighted by atomic mass is 9.93. The van der Waals surface area contributed by atoms with Crippen LogP contribution in [0.2, 0.25) is 0 Å². The van der Waals surface area contributed by atoms with Gasteiger partial charge in [-0.2, -0.15) is 0 Å². The molecule has 6 heteroatoms. The maximum atomic E-state index is 13.3. The van der Waals surface area contributed by atoms with Crippen LogP contribution in [0.3, 0.4) is 0 Å². The Labute approximate surface area is 177 Å². The van der Waals surface area contributed by atoms with Crippen molar-refractivity contribution >= 4 is 17.5 Å². The fourth-order valence-corrected chi connectivity index (χ4v) is 4.49. The third kappa shape index (κ3) is 4.49. The summed E-state index contributed by atoms with van der Waals surface area (Å²) in [5.74, 6) is 0.0527. The highest BCUT2D eigenvalue weighted by Gasteiger charge is 2.35. The standard InChI is InChI=1S/C24H29N3O3/c28-21-11-5-4-10-20(21)25-23(29)19-12-16-26(17-13-19)22(18-8-2-1-3-9-18)24(30)27-14-6-7-15-27/h1-5,8-11,19,22,28H,6-7,12-17H2,(H,25,29)/t22-/m1/s1. The van der Waals surface area contributed by atoms with Gasteiger partial charge in [-0.25, -0.2) is 0 Å². The van der Waals surface area contributed by atoms with Crippen molar-refractivity contribution in [2.75, 3.05) is 31.5 Å². The number of benzene rings is 2. The summed E-state index contributed by atoms with van der Waals surface area (Å²) in [6, 6.07) is 16.5. The number of hydrogen-bond acceptors (Lipinski definition) is 4. The van der Waals surface area contributed by atoms with Crippen molar-refractivity contribution in [2.24, 2.45) is 5.92 Å². The molecule has 4 rings (SSSR count). The van der Waals surface area contributed by atoms with Crippen LogP contribution in [0.1, 0.15) is 37.3 Å². The molecule has 0 saturated carbocycles. The first-order chi connectivity index (χ1) is 14.6. The molecule has 158 valence electrons. The predicted molar refractivity (Wildman–Crippen MR) is 116 cm³/mol. The van der Waals surface area contributed by atoms with Gasteiger partial charge in [0.25, 0.3) is 0 Å². The number of nitrogens with one attached hydrogen (secondary N) is 1. The molecule has 0 radical (unpaired) electrons. The lowest BCUT2D eigenvalue weighted by Gasteiger charge is -2.38. The summed E-state index contributed by atoms with van der Waals surface area (Å²) in [4.78, 5) is 30.2. The molecule has 0 unspecified atom stereocenters. The van der Waals surface area contributed by atoms with E-state index in [2.05, 4.69) is 10.2 Å². The Bertz CT molecular complexity index is 872. The topological polar surface area (TPSA) is 72.9 Å². The first-order valence-electron chi connectivity index (χ1n) is 10.8. The monoisotopic (exact) mass is 407 g/mol. The molecule has 0 spiro atoms. The number of aromatic hydroxyl groups is 1. The second kappa shape index (κ2) is 9.30. The van der Waals surface area contributed by atoms with E-state index in [1.54, 1.807) is 24.3 Å². The fraction of sp³-hybridized carbons (Fsp3) is 0.417. The average Bonchev–Trinajstić information content (AvgIpc) is 3.32. The number of nitrogens with zero attached hydrogens (tertiary/aromatic N) is 2. The van der Waals surface area contributed by atoms with Gasteiger partial charge in [0.2, 0.25) is 11.8 Å². The first-order valence-corrected chi connectivity index (χ1v) is 10.8. The van der Waals surface area contributed by atoms with Gasteiger partial charge < -0.3 is 15.3 Å². The number of carbonyl (C=O) groups is 2. The molecule has 2 amide bonds. The van der Waals surface area contributed by atoms with E-state index in [0.29, 0.717) is 31.6 Å². The number of rotatable bonds is 5. The van der Waals surface area contributed by atoms with Crippen molar-refractivity contribution in [2.45, 2.75) is 31.7 Å². The first kappa shape index (κ1) is 20.4. The Morgan fingerprint density at radius 3 is 2.20 bits per heavy atom. The van der Waals surface area contributed by atoms with Crippen LogP contribution in [0.5, 0.6) is 5.75 Å². The molecular formula is C24H29N3O3. The van der Waals surface area contributed by atoms with Gasteiger partial charge >= 0.3 is 0 Å². The molecule has 30 heavy (non-hydrogen) atoms. The van der Waals surface area contributed by atoms with Crippen LogP contribution in [0.15, 0.2) is 54.6 Å². The van der Waals surface area contributed by atoms with Crippen LogP contribution in [0.4, 0.5) is 5.69 Å². The maximum absolute atomic E-state index is 13.3. The molecule has 2 saturated heterocycles. The van der Waals surface area contributed by atoms with E-state index >= 15 is 0 Å². The third-order valence-electron chi connectivity index (χ3n) is 6.19. The van der Waals surface area contributed by atoms with E-state index in [4.69, 9.17) is 0 Å². The molecule has 0 aliphatic carbocycles. The van der Waals surface area contributed by atoms with Crippen LogP contribution in [-0.2, 0) is 9.59 Å². The van der Waals surface area contributed by atoms with Crippen LogP contribution >= 0.6 is 0 Å². The summed E-state index contributed by atoms with van der Waals surface area (Å²) in [6.07, 6.45) is 3.52. The van der Waals surface area contributed by atoms with Crippen molar-refractivity contribution in [3.05, 3.63) is 60.2 Å². The number of phenols is 1. The zero-order chi connectivity index (χ0) is 20.9. The number of piperidine rings is 1. The Morgan fingerprint density at radius 1 is 0.900 bits per heavy atom. The third-order valence-corrected chi connectivity index (χ3v) is 6.19. The van der Waals surface area contributed by atoms with Gasteiger partial charge in [0.1, 0.15) is 11.8 Å². The molecule has 6 nitrogen and oxygen atoms in total. The van der Waals surface area contributed by atoms with Crippen LogP contribution in [0, 0.1) is 5.92 Å². The molecule has 2 aromatic rings. The summed E-state index contributed by atoms with van der Waals surface area (Å²) >= 11 is 0. The predicted octanol–water partition coefficient (Wildman–Crippen LogP) is 3.41. The van der Waals surface area contributed by atoms with Gasteiger partial charge in [-0.3, -0.25) is 14.5 Å². The van der Waals surface area contributed by atoms with E-state index in [1.165, 1.54) is 0 Å². The van der Waals surface area contributed by atoms with E-state index in [0.717, 1.165) is 31.5 Å². The van der Waals surface area contributed by atoms with E-state index in [-0.39, 0.29) is 29.5 Å². The number of phenolic OH excluding ortho intramolecular Hbond substituents is 1. The Hall–Kier alpha value is -2.86. The maximum Gasteiger partial charge on any atom is 0.244 e. The van der Waals surface area contributed by atoms with Crippen molar-refractivity contribution in [1.82, 2.24) is 9.80 Å². The van der Waals surface area contributed by atoms with Gasteiger partial charge in [0.05, 0.1) is 5.69 Å². The van der Waals surface area contributed by atoms with Crippen LogP contribution in [-0.4, -0.2) is 52.9 Å². The minimum atomic E-state index is -0.286. The fourth-order valence-electron chi connectivity index (χ4n) is 4.49. The number of amides is 2. The normalized spacial score (nSPS) is 18.9. The number of carbonyl (C=O) groups excluding carboxylic acids is 2. The molecule has 2 aliphatic rings. The zero-order valence-electron chi connectivity index (χ0n) is 17.2. The lowest BCUT2D eigenvalue weighted by Crippen LogP contribution is -2.46. The Balaban J connectivity index is 1.43. The smallest absolute Gasteiger partial charge is 0.244 e. The van der Waals surface area contributed by atoms with Gasteiger partial charge in [-0.1, -0.05) is 42.5 Å². The van der Waals surface area contributed by atoms with Gasteiger partial charge in [0, 0.05) is 19.0 Å². The molecule has 2 fully saturated rings. The van der Waals surface area contributed by atoms with Crippen molar-refractivity contribution in [1.29, 1.82) is 0 Å². The van der Waals surface area contributed by atoms with Crippen molar-refractivity contribution in [3.63, 3.8) is 0 Å². The summed E-state index contributed by atoms with van der Waals surface area (Å²) in [7, 11) is 0. The lowest BCUT2D eigenvalue weighted by molar-refractivity contribution is -0.137. The molecular weight excluding hydrogens is 378 g/mol. The highest BCUT2D eigenvalue weighted by Crippen LogP contribution is 2.31. The Kier molecular flexibility index (Phi) is 6.33. The highest BCUT2D eigenvalue weighted by atomic mass is 16.3.